The van der Waals surface area contributed by atoms with Crippen LogP contribution in [0.25, 0.3) is 99.2 Å². The van der Waals surface area contributed by atoms with E-state index < -0.39 is 0 Å². The third-order valence-corrected chi connectivity index (χ3v) is 10.5. The molecule has 0 saturated heterocycles. The Balaban J connectivity index is 1.13. The fourth-order valence-electron chi connectivity index (χ4n) is 8.17. The highest BCUT2D eigenvalue weighted by Gasteiger charge is 2.19. The first-order chi connectivity index (χ1) is 25.3. The average molecular weight is 651 g/mol. The summed E-state index contributed by atoms with van der Waals surface area (Å²) in [4.78, 5) is 0. The maximum atomic E-state index is 6.26. The van der Waals surface area contributed by atoms with Gasteiger partial charge in [-0.05, 0) is 89.0 Å². The molecule has 0 radical (unpaired) electrons. The Hall–Kier alpha value is -6.84. The molecule has 238 valence electrons. The Bertz CT molecular complexity index is 3140. The lowest BCUT2D eigenvalue weighted by molar-refractivity contribution is 0.669. The Morgan fingerprint density at radius 2 is 0.765 bits per heavy atom. The van der Waals surface area contributed by atoms with Gasteiger partial charge in [-0.2, -0.15) is 0 Å². The Morgan fingerprint density at radius 3 is 1.41 bits per heavy atom. The maximum Gasteiger partial charge on any atom is 0.136 e. The topological polar surface area (TPSA) is 23.0 Å². The molecule has 0 N–H and O–H groups in total. The molecule has 11 aromatic rings. The number of benzene rings is 8. The minimum Gasteiger partial charge on any atom is -0.456 e. The third kappa shape index (κ3) is 4.25. The number of hydrogen-bond donors (Lipinski definition) is 0. The van der Waals surface area contributed by atoms with E-state index in [1.165, 1.54) is 54.7 Å². The van der Waals surface area contributed by atoms with Crippen molar-refractivity contribution < 1.29 is 4.42 Å². The summed E-state index contributed by atoms with van der Waals surface area (Å²) in [5.41, 5.74) is 13.6. The zero-order chi connectivity index (χ0) is 33.5. The van der Waals surface area contributed by atoms with Crippen LogP contribution in [0, 0.1) is 0 Å². The molecule has 3 heteroatoms. The summed E-state index contributed by atoms with van der Waals surface area (Å²) < 4.78 is 11.1. The van der Waals surface area contributed by atoms with Gasteiger partial charge in [-0.1, -0.05) is 115 Å². The van der Waals surface area contributed by atoms with E-state index in [4.69, 9.17) is 4.42 Å². The highest BCUT2D eigenvalue weighted by atomic mass is 16.3. The number of aromatic nitrogens is 2. The van der Waals surface area contributed by atoms with Crippen molar-refractivity contribution in [3.63, 3.8) is 0 Å². The lowest BCUT2D eigenvalue weighted by Crippen LogP contribution is -1.95. The Labute approximate surface area is 293 Å². The largest absolute Gasteiger partial charge is 0.456 e. The third-order valence-electron chi connectivity index (χ3n) is 10.5. The second kappa shape index (κ2) is 10.8. The molecule has 11 rings (SSSR count). The monoisotopic (exact) mass is 650 g/mol. The predicted octanol–water partition coefficient (Wildman–Crippen LogP) is 13.1. The zero-order valence-corrected chi connectivity index (χ0v) is 27.6. The fraction of sp³-hybridized carbons (Fsp3) is 0. The highest BCUT2D eigenvalue weighted by Crippen LogP contribution is 2.41. The molecule has 0 atom stereocenters. The molecule has 3 heterocycles. The van der Waals surface area contributed by atoms with Gasteiger partial charge in [0.05, 0.1) is 22.1 Å². The predicted molar refractivity (Wildman–Crippen MR) is 213 cm³/mol. The van der Waals surface area contributed by atoms with Crippen LogP contribution in [0.1, 0.15) is 0 Å². The molecule has 0 aliphatic carbocycles. The van der Waals surface area contributed by atoms with Crippen LogP contribution in [0.15, 0.2) is 186 Å². The fourth-order valence-corrected chi connectivity index (χ4v) is 8.17. The molecule has 0 spiro atoms. The second-order valence-corrected chi connectivity index (χ2v) is 13.4. The number of furan rings is 1. The normalized spacial score (nSPS) is 11.9. The van der Waals surface area contributed by atoms with Gasteiger partial charge in [-0.15, -0.1) is 0 Å². The van der Waals surface area contributed by atoms with Crippen molar-refractivity contribution in [1.82, 2.24) is 9.13 Å². The number of nitrogens with zero attached hydrogens (tertiary/aromatic N) is 2. The van der Waals surface area contributed by atoms with E-state index in [1.807, 2.05) is 12.1 Å². The lowest BCUT2D eigenvalue weighted by atomic mass is 10.0. The molecular formula is C48H30N2O. The van der Waals surface area contributed by atoms with Crippen LogP contribution < -0.4 is 0 Å². The van der Waals surface area contributed by atoms with Gasteiger partial charge in [-0.25, -0.2) is 0 Å². The summed E-state index contributed by atoms with van der Waals surface area (Å²) in [6.07, 6.45) is 0. The van der Waals surface area contributed by atoms with Crippen molar-refractivity contribution in [2.75, 3.05) is 0 Å². The van der Waals surface area contributed by atoms with Crippen LogP contribution in [-0.2, 0) is 0 Å². The average Bonchev–Trinajstić information content (AvgIpc) is 3.84. The SMILES string of the molecule is c1ccc(-c2cccc(-n3c4ccccc4c4cc5c(cc43)c3ccccc3n5-c3cccc(-c4ccc5c(c4)oc4ccccc45)c3)c2)cc1. The van der Waals surface area contributed by atoms with Gasteiger partial charge >= 0.3 is 0 Å². The van der Waals surface area contributed by atoms with Gasteiger partial charge in [0.15, 0.2) is 0 Å². The summed E-state index contributed by atoms with van der Waals surface area (Å²) in [6.45, 7) is 0. The summed E-state index contributed by atoms with van der Waals surface area (Å²) >= 11 is 0. The summed E-state index contributed by atoms with van der Waals surface area (Å²) in [5, 5.41) is 7.23. The van der Waals surface area contributed by atoms with Crippen LogP contribution in [0.3, 0.4) is 0 Å². The standard InChI is InChI=1S/C48H30N2O/c1-2-12-31(13-3-1)32-14-10-16-35(26-32)49-43-21-7-4-18-37(43)41-30-46-42(29-45(41)49)38-19-5-8-22-44(38)50(46)36-17-11-15-33(27-36)34-24-25-40-39-20-6-9-23-47(39)51-48(40)28-34/h1-30H. The van der Waals surface area contributed by atoms with Crippen LogP contribution in [0.5, 0.6) is 0 Å². The molecule has 0 saturated carbocycles. The molecule has 51 heavy (non-hydrogen) atoms. The molecular weight excluding hydrogens is 621 g/mol. The van der Waals surface area contributed by atoms with Crippen LogP contribution in [0.4, 0.5) is 0 Å². The van der Waals surface area contributed by atoms with E-state index in [-0.39, 0.29) is 0 Å². The van der Waals surface area contributed by atoms with Gasteiger partial charge in [-0.3, -0.25) is 0 Å². The minimum atomic E-state index is 0.907. The molecule has 0 aliphatic heterocycles. The molecule has 3 nitrogen and oxygen atoms in total. The first kappa shape index (κ1) is 28.0. The number of para-hydroxylation sites is 3. The Kier molecular flexibility index (Phi) is 5.96. The molecule has 8 aromatic carbocycles. The van der Waals surface area contributed by atoms with E-state index in [9.17, 15) is 0 Å². The van der Waals surface area contributed by atoms with Crippen LogP contribution >= 0.6 is 0 Å². The Morgan fingerprint density at radius 1 is 0.275 bits per heavy atom. The van der Waals surface area contributed by atoms with Gasteiger partial charge in [0.25, 0.3) is 0 Å². The van der Waals surface area contributed by atoms with Crippen molar-refractivity contribution in [2.45, 2.75) is 0 Å². The van der Waals surface area contributed by atoms with Crippen molar-refractivity contribution in [3.8, 4) is 33.6 Å². The number of rotatable bonds is 4. The van der Waals surface area contributed by atoms with Crippen LogP contribution in [0.2, 0.25) is 0 Å². The summed E-state index contributed by atoms with van der Waals surface area (Å²) in [6, 6.07) is 65.6. The maximum absolute atomic E-state index is 6.26. The number of fused-ring (bicyclic) bond motifs is 9. The minimum absolute atomic E-state index is 0.907. The van der Waals surface area contributed by atoms with Gasteiger partial charge < -0.3 is 13.6 Å². The van der Waals surface area contributed by atoms with Crippen molar-refractivity contribution >= 4 is 65.6 Å². The molecule has 0 amide bonds. The zero-order valence-electron chi connectivity index (χ0n) is 27.6. The molecule has 0 fully saturated rings. The second-order valence-electron chi connectivity index (χ2n) is 13.4. The van der Waals surface area contributed by atoms with E-state index in [0.717, 1.165) is 44.4 Å². The first-order valence-corrected chi connectivity index (χ1v) is 17.4. The van der Waals surface area contributed by atoms with Crippen LogP contribution in [-0.4, -0.2) is 9.13 Å². The highest BCUT2D eigenvalue weighted by molar-refractivity contribution is 6.19. The van der Waals surface area contributed by atoms with E-state index >= 15 is 0 Å². The molecule has 0 aliphatic rings. The first-order valence-electron chi connectivity index (χ1n) is 17.4. The van der Waals surface area contributed by atoms with Crippen molar-refractivity contribution in [3.05, 3.63) is 182 Å². The summed E-state index contributed by atoms with van der Waals surface area (Å²) in [7, 11) is 0. The molecule has 0 bridgehead atoms. The van der Waals surface area contributed by atoms with E-state index in [2.05, 4.69) is 179 Å². The van der Waals surface area contributed by atoms with E-state index in [1.54, 1.807) is 0 Å². The lowest BCUT2D eigenvalue weighted by Gasteiger charge is -2.12. The van der Waals surface area contributed by atoms with Crippen molar-refractivity contribution in [2.24, 2.45) is 0 Å². The van der Waals surface area contributed by atoms with Gasteiger partial charge in [0.2, 0.25) is 0 Å². The van der Waals surface area contributed by atoms with Gasteiger partial charge in [0.1, 0.15) is 11.2 Å². The number of hydrogen-bond acceptors (Lipinski definition) is 1. The van der Waals surface area contributed by atoms with Crippen molar-refractivity contribution in [1.29, 1.82) is 0 Å². The van der Waals surface area contributed by atoms with Gasteiger partial charge in [0, 0.05) is 43.7 Å². The summed E-state index contributed by atoms with van der Waals surface area (Å²) in [5.74, 6) is 0. The molecule has 0 unspecified atom stereocenters. The smallest absolute Gasteiger partial charge is 0.136 e. The quantitative estimate of drug-likeness (QED) is 0.186. The van der Waals surface area contributed by atoms with E-state index in [0.29, 0.717) is 0 Å². The molecule has 3 aromatic heterocycles.